The second-order valence-electron chi connectivity index (χ2n) is 3.11. The van der Waals surface area contributed by atoms with Gasteiger partial charge >= 0.3 is 0 Å². The van der Waals surface area contributed by atoms with E-state index in [0.717, 1.165) is 5.92 Å². The van der Waals surface area contributed by atoms with Gasteiger partial charge in [0.05, 0.1) is 0 Å². The van der Waals surface area contributed by atoms with Crippen LogP contribution in [0.4, 0.5) is 0 Å². The molecule has 2 aliphatic rings. The molecule has 1 heterocycles. The third kappa shape index (κ3) is 1.03. The summed E-state index contributed by atoms with van der Waals surface area (Å²) < 4.78 is 0. The molecule has 0 bridgehead atoms. The largest absolute Gasteiger partial charge is 0.157 e. The van der Waals surface area contributed by atoms with Crippen molar-refractivity contribution in [1.29, 1.82) is 0 Å². The Labute approximate surface area is 66.4 Å². The van der Waals surface area contributed by atoms with Crippen molar-refractivity contribution in [2.75, 3.05) is 11.5 Å². The minimum atomic E-state index is 0.685. The van der Waals surface area contributed by atoms with Gasteiger partial charge in [0, 0.05) is 17.4 Å². The normalized spacial score (nSPS) is 37.5. The maximum Gasteiger partial charge on any atom is 0.0150 e. The van der Waals surface area contributed by atoms with E-state index in [4.69, 9.17) is 0 Å². The van der Waals surface area contributed by atoms with Crippen LogP contribution in [0.1, 0.15) is 6.92 Å². The molecule has 10 heavy (non-hydrogen) atoms. The highest BCUT2D eigenvalue weighted by Crippen LogP contribution is 2.34. The summed E-state index contributed by atoms with van der Waals surface area (Å²) in [5.41, 5.74) is 1.67. The number of hydrogen-bond donors (Lipinski definition) is 0. The first-order valence-corrected chi connectivity index (χ1v) is 4.98. The summed E-state index contributed by atoms with van der Waals surface area (Å²) in [5.74, 6) is 4.07. The molecule has 0 aromatic carbocycles. The summed E-state index contributed by atoms with van der Waals surface area (Å²) in [7, 11) is 0. The summed E-state index contributed by atoms with van der Waals surface area (Å²) in [6, 6.07) is 0. The average Bonchev–Trinajstić information content (AvgIpc) is 2.33. The summed E-state index contributed by atoms with van der Waals surface area (Å²) in [4.78, 5) is 0. The molecule has 2 atom stereocenters. The van der Waals surface area contributed by atoms with Gasteiger partial charge in [0.25, 0.3) is 0 Å². The number of thioether (sulfide) groups is 1. The Morgan fingerprint density at radius 2 is 2.40 bits per heavy atom. The zero-order valence-electron chi connectivity index (χ0n) is 6.21. The van der Waals surface area contributed by atoms with Crippen molar-refractivity contribution in [3.8, 4) is 0 Å². The van der Waals surface area contributed by atoms with E-state index in [2.05, 4.69) is 36.9 Å². The lowest BCUT2D eigenvalue weighted by molar-refractivity contribution is 0.803. The van der Waals surface area contributed by atoms with Crippen molar-refractivity contribution in [1.82, 2.24) is 0 Å². The van der Waals surface area contributed by atoms with E-state index in [9.17, 15) is 0 Å². The van der Waals surface area contributed by atoms with Gasteiger partial charge in [-0.25, -0.2) is 0 Å². The summed E-state index contributed by atoms with van der Waals surface area (Å²) >= 11 is 2.06. The van der Waals surface area contributed by atoms with E-state index in [1.54, 1.807) is 5.57 Å². The first kappa shape index (κ1) is 6.53. The van der Waals surface area contributed by atoms with Gasteiger partial charge in [-0.05, 0) is 5.92 Å². The standard InChI is InChI=1S/C9H12S/c1-7-2-3-8-5-10-6-9(8)4-7/h2-4,7-8H,5-6H2,1H3/t7-,8-/m1/s1. The molecule has 1 saturated heterocycles. The van der Waals surface area contributed by atoms with E-state index in [-0.39, 0.29) is 0 Å². The van der Waals surface area contributed by atoms with Gasteiger partial charge in [0.1, 0.15) is 0 Å². The third-order valence-corrected chi connectivity index (χ3v) is 3.30. The number of hydrogen-bond acceptors (Lipinski definition) is 1. The van der Waals surface area contributed by atoms with Crippen LogP contribution in [-0.4, -0.2) is 11.5 Å². The molecule has 0 aromatic rings. The molecule has 1 aliphatic carbocycles. The molecule has 1 aliphatic heterocycles. The van der Waals surface area contributed by atoms with Gasteiger partial charge in [-0.1, -0.05) is 30.7 Å². The third-order valence-electron chi connectivity index (χ3n) is 2.17. The van der Waals surface area contributed by atoms with Crippen molar-refractivity contribution in [3.05, 3.63) is 23.8 Å². The van der Waals surface area contributed by atoms with Gasteiger partial charge in [-0.2, -0.15) is 11.8 Å². The fourth-order valence-electron chi connectivity index (χ4n) is 1.57. The molecule has 0 amide bonds. The molecule has 0 aromatic heterocycles. The molecule has 2 rings (SSSR count). The topological polar surface area (TPSA) is 0 Å². The maximum atomic E-state index is 2.42. The second kappa shape index (κ2) is 2.46. The molecule has 0 saturated carbocycles. The van der Waals surface area contributed by atoms with E-state index >= 15 is 0 Å². The highest BCUT2D eigenvalue weighted by Gasteiger charge is 2.21. The smallest absolute Gasteiger partial charge is 0.0150 e. The van der Waals surface area contributed by atoms with Crippen LogP contribution in [0.5, 0.6) is 0 Å². The number of fused-ring (bicyclic) bond motifs is 1. The van der Waals surface area contributed by atoms with E-state index in [1.165, 1.54) is 11.5 Å². The Morgan fingerprint density at radius 3 is 3.30 bits per heavy atom. The molecule has 0 nitrogen and oxygen atoms in total. The maximum absolute atomic E-state index is 2.42. The van der Waals surface area contributed by atoms with Crippen LogP contribution in [0.15, 0.2) is 23.8 Å². The van der Waals surface area contributed by atoms with Crippen molar-refractivity contribution >= 4 is 11.8 Å². The summed E-state index contributed by atoms with van der Waals surface area (Å²) in [6.45, 7) is 2.25. The molecule has 0 spiro atoms. The van der Waals surface area contributed by atoms with Crippen molar-refractivity contribution in [2.24, 2.45) is 11.8 Å². The molecule has 54 valence electrons. The van der Waals surface area contributed by atoms with E-state index in [1.807, 2.05) is 0 Å². The van der Waals surface area contributed by atoms with Crippen LogP contribution in [-0.2, 0) is 0 Å². The fourth-order valence-corrected chi connectivity index (χ4v) is 2.81. The highest BCUT2D eigenvalue weighted by atomic mass is 32.2. The lowest BCUT2D eigenvalue weighted by Gasteiger charge is -2.13. The van der Waals surface area contributed by atoms with Crippen molar-refractivity contribution in [2.45, 2.75) is 6.92 Å². The van der Waals surface area contributed by atoms with Crippen LogP contribution in [0, 0.1) is 11.8 Å². The van der Waals surface area contributed by atoms with E-state index in [0.29, 0.717) is 5.92 Å². The van der Waals surface area contributed by atoms with Crippen molar-refractivity contribution < 1.29 is 0 Å². The van der Waals surface area contributed by atoms with Gasteiger partial charge in [0.15, 0.2) is 0 Å². The minimum absolute atomic E-state index is 0.685. The van der Waals surface area contributed by atoms with Gasteiger partial charge < -0.3 is 0 Å². The van der Waals surface area contributed by atoms with Gasteiger partial charge in [0.2, 0.25) is 0 Å². The Morgan fingerprint density at radius 1 is 1.50 bits per heavy atom. The fraction of sp³-hybridized carbons (Fsp3) is 0.556. The van der Waals surface area contributed by atoms with Gasteiger partial charge in [-0.3, -0.25) is 0 Å². The monoisotopic (exact) mass is 152 g/mol. The molecular formula is C9H12S. The van der Waals surface area contributed by atoms with Crippen molar-refractivity contribution in [3.63, 3.8) is 0 Å². The Hall–Kier alpha value is -0.170. The SMILES string of the molecule is C[C@@H]1C=C[C@@H]2CSCC2=C1. The Kier molecular flexibility index (Phi) is 1.61. The molecule has 1 heteroatoms. The minimum Gasteiger partial charge on any atom is -0.157 e. The zero-order chi connectivity index (χ0) is 6.97. The predicted octanol–water partition coefficient (Wildman–Crippen LogP) is 2.48. The number of allylic oxidation sites excluding steroid dienone is 3. The predicted molar refractivity (Wildman–Crippen MR) is 47.2 cm³/mol. The van der Waals surface area contributed by atoms with E-state index < -0.39 is 0 Å². The highest BCUT2D eigenvalue weighted by molar-refractivity contribution is 7.99. The summed E-state index contributed by atoms with van der Waals surface area (Å²) in [6.07, 6.45) is 7.12. The van der Waals surface area contributed by atoms with Crippen LogP contribution in [0.2, 0.25) is 0 Å². The first-order chi connectivity index (χ1) is 4.86. The zero-order valence-corrected chi connectivity index (χ0v) is 7.03. The number of rotatable bonds is 0. The Bertz CT molecular complexity index is 191. The van der Waals surface area contributed by atoms with Crippen LogP contribution in [0.25, 0.3) is 0 Å². The molecule has 0 N–H and O–H groups in total. The second-order valence-corrected chi connectivity index (χ2v) is 4.14. The average molecular weight is 152 g/mol. The first-order valence-electron chi connectivity index (χ1n) is 3.83. The van der Waals surface area contributed by atoms with Crippen LogP contribution >= 0.6 is 11.8 Å². The summed E-state index contributed by atoms with van der Waals surface area (Å²) in [5, 5.41) is 0. The van der Waals surface area contributed by atoms with Crippen LogP contribution in [0.3, 0.4) is 0 Å². The molecule has 0 radical (unpaired) electrons. The lowest BCUT2D eigenvalue weighted by atomic mass is 9.92. The van der Waals surface area contributed by atoms with Crippen LogP contribution < -0.4 is 0 Å². The molecule has 1 fully saturated rings. The lowest BCUT2D eigenvalue weighted by Crippen LogP contribution is -2.04. The molecule has 0 unspecified atom stereocenters. The quantitative estimate of drug-likeness (QED) is 0.480. The Balaban J connectivity index is 2.22. The molecular weight excluding hydrogens is 140 g/mol. The van der Waals surface area contributed by atoms with Gasteiger partial charge in [-0.15, -0.1) is 0 Å².